The molecular formula is C47H26N4S2. The molecule has 0 saturated carbocycles. The van der Waals surface area contributed by atoms with Gasteiger partial charge in [-0.1, -0.05) is 121 Å². The number of fused-ring (bicyclic) bond motifs is 8. The average Bonchev–Trinajstić information content (AvgIpc) is 3.54. The van der Waals surface area contributed by atoms with Crippen LogP contribution in [0, 0.1) is 11.3 Å². The van der Waals surface area contributed by atoms with Gasteiger partial charge < -0.3 is 4.57 Å². The molecule has 0 saturated heterocycles. The largest absolute Gasteiger partial charge is 0.309 e. The number of aromatic nitrogens is 3. The molecule has 0 fully saturated rings. The van der Waals surface area contributed by atoms with E-state index in [1.54, 1.807) is 23.5 Å². The predicted octanol–water partition coefficient (Wildman–Crippen LogP) is 12.9. The number of nitriles is 1. The Kier molecular flexibility index (Phi) is 6.75. The summed E-state index contributed by atoms with van der Waals surface area (Å²) in [5, 5.41) is 18.8. The number of hydrogen-bond donors (Lipinski definition) is 0. The van der Waals surface area contributed by atoms with E-state index in [0.29, 0.717) is 5.56 Å². The summed E-state index contributed by atoms with van der Waals surface area (Å²) in [7, 11) is 0. The van der Waals surface area contributed by atoms with Gasteiger partial charge in [0.1, 0.15) is 10.1 Å². The fourth-order valence-electron chi connectivity index (χ4n) is 7.99. The summed E-state index contributed by atoms with van der Waals surface area (Å²) in [5.41, 5.74) is 10.5. The lowest BCUT2D eigenvalue weighted by Gasteiger charge is -2.20. The van der Waals surface area contributed by atoms with Gasteiger partial charge in [-0.15, -0.1) is 0 Å². The van der Waals surface area contributed by atoms with Crippen LogP contribution in [-0.2, 0) is 0 Å². The predicted molar refractivity (Wildman–Crippen MR) is 219 cm³/mol. The maximum atomic E-state index is 9.80. The molecule has 3 heterocycles. The Bertz CT molecular complexity index is 3140. The molecule has 2 aromatic heterocycles. The molecule has 53 heavy (non-hydrogen) atoms. The molecule has 8 aromatic carbocycles. The van der Waals surface area contributed by atoms with Crippen molar-refractivity contribution in [2.24, 2.45) is 0 Å². The van der Waals surface area contributed by atoms with E-state index < -0.39 is 0 Å². The van der Waals surface area contributed by atoms with Crippen LogP contribution in [0.15, 0.2) is 178 Å². The van der Waals surface area contributed by atoms with Crippen LogP contribution in [0.1, 0.15) is 5.56 Å². The summed E-state index contributed by atoms with van der Waals surface area (Å²) in [6.07, 6.45) is 0. The maximum Gasteiger partial charge on any atom is 0.134 e. The first-order chi connectivity index (χ1) is 26.2. The van der Waals surface area contributed by atoms with E-state index in [1.807, 2.05) is 42.5 Å². The smallest absolute Gasteiger partial charge is 0.134 e. The molecule has 10 aromatic rings. The standard InChI is InChI=1S/C47H26N4S2/c48-27-28-18-21-32-37-25-29(19-22-40(37)51(41(32)24-28)31-10-2-1-3-11-31)44-33-12-4-6-14-35(33)45(36-15-7-5-13-34(36)44)30-20-23-42-43(26-30)53-47-46(52-42)49-38-16-8-9-17-39(38)50-47/h1-26H. The van der Waals surface area contributed by atoms with Crippen molar-refractivity contribution < 1.29 is 0 Å². The lowest BCUT2D eigenvalue weighted by Crippen LogP contribution is -1.97. The minimum Gasteiger partial charge on any atom is -0.309 e. The van der Waals surface area contributed by atoms with Crippen LogP contribution in [0.25, 0.3) is 82.3 Å². The van der Waals surface area contributed by atoms with Crippen LogP contribution in [0.5, 0.6) is 0 Å². The molecule has 0 spiro atoms. The van der Waals surface area contributed by atoms with Crippen molar-refractivity contribution >= 4 is 77.9 Å². The lowest BCUT2D eigenvalue weighted by molar-refractivity contribution is 0.953. The van der Waals surface area contributed by atoms with Crippen molar-refractivity contribution in [3.8, 4) is 34.0 Å². The minimum atomic E-state index is 0.648. The second-order valence-corrected chi connectivity index (χ2v) is 15.3. The highest BCUT2D eigenvalue weighted by Gasteiger charge is 2.23. The number of para-hydroxylation sites is 3. The Morgan fingerprint density at radius 1 is 0.453 bits per heavy atom. The van der Waals surface area contributed by atoms with Crippen LogP contribution in [0.3, 0.4) is 0 Å². The molecule has 246 valence electrons. The molecule has 0 atom stereocenters. The van der Waals surface area contributed by atoms with Gasteiger partial charge in [0.05, 0.1) is 33.7 Å². The molecule has 0 N–H and O–H groups in total. The second kappa shape index (κ2) is 11.8. The normalized spacial score (nSPS) is 12.4. The minimum absolute atomic E-state index is 0.648. The number of hydrogen-bond acceptors (Lipinski definition) is 5. The highest BCUT2D eigenvalue weighted by Crippen LogP contribution is 2.50. The topological polar surface area (TPSA) is 54.5 Å². The lowest BCUT2D eigenvalue weighted by atomic mass is 9.86. The highest BCUT2D eigenvalue weighted by molar-refractivity contribution is 8.05. The monoisotopic (exact) mass is 710 g/mol. The van der Waals surface area contributed by atoms with Crippen molar-refractivity contribution in [3.05, 3.63) is 163 Å². The highest BCUT2D eigenvalue weighted by atomic mass is 32.2. The third-order valence-corrected chi connectivity index (χ3v) is 12.6. The van der Waals surface area contributed by atoms with Gasteiger partial charge in [-0.2, -0.15) is 5.26 Å². The molecule has 4 nitrogen and oxygen atoms in total. The zero-order chi connectivity index (χ0) is 35.0. The third-order valence-electron chi connectivity index (χ3n) is 10.3. The van der Waals surface area contributed by atoms with E-state index in [-0.39, 0.29) is 0 Å². The Labute approximate surface area is 313 Å². The van der Waals surface area contributed by atoms with Gasteiger partial charge in [-0.3, -0.25) is 0 Å². The van der Waals surface area contributed by atoms with Gasteiger partial charge in [0, 0.05) is 26.3 Å². The zero-order valence-corrected chi connectivity index (χ0v) is 29.7. The first kappa shape index (κ1) is 30.3. The van der Waals surface area contributed by atoms with Crippen LogP contribution < -0.4 is 0 Å². The molecule has 0 radical (unpaired) electrons. The van der Waals surface area contributed by atoms with Crippen LogP contribution >= 0.6 is 23.5 Å². The molecule has 0 amide bonds. The van der Waals surface area contributed by atoms with E-state index in [2.05, 4.69) is 126 Å². The van der Waals surface area contributed by atoms with Gasteiger partial charge in [0.15, 0.2) is 0 Å². The Morgan fingerprint density at radius 2 is 1.02 bits per heavy atom. The fourth-order valence-corrected chi connectivity index (χ4v) is 10.1. The summed E-state index contributed by atoms with van der Waals surface area (Å²) in [4.78, 5) is 12.3. The van der Waals surface area contributed by atoms with Crippen molar-refractivity contribution in [1.29, 1.82) is 5.26 Å². The van der Waals surface area contributed by atoms with Crippen molar-refractivity contribution in [1.82, 2.24) is 14.5 Å². The third kappa shape index (κ3) is 4.72. The molecule has 6 heteroatoms. The Balaban J connectivity index is 1.12. The Hall–Kier alpha value is -6.39. The number of nitrogens with zero attached hydrogens (tertiary/aromatic N) is 4. The summed E-state index contributed by atoms with van der Waals surface area (Å²) in [6, 6.07) is 58.2. The van der Waals surface area contributed by atoms with Gasteiger partial charge in [-0.05, 0) is 104 Å². The number of rotatable bonds is 3. The second-order valence-electron chi connectivity index (χ2n) is 13.3. The van der Waals surface area contributed by atoms with Crippen LogP contribution in [-0.4, -0.2) is 14.5 Å². The Morgan fingerprint density at radius 3 is 1.66 bits per heavy atom. The summed E-state index contributed by atoms with van der Waals surface area (Å²) >= 11 is 3.41. The van der Waals surface area contributed by atoms with Crippen molar-refractivity contribution in [2.75, 3.05) is 0 Å². The molecule has 0 aliphatic carbocycles. The quantitative estimate of drug-likeness (QED) is 0.171. The fraction of sp³-hybridized carbons (Fsp3) is 0. The maximum absolute atomic E-state index is 9.80. The first-order valence-electron chi connectivity index (χ1n) is 17.5. The van der Waals surface area contributed by atoms with Gasteiger partial charge >= 0.3 is 0 Å². The average molecular weight is 711 g/mol. The van der Waals surface area contributed by atoms with Gasteiger partial charge in [0.25, 0.3) is 0 Å². The molecular weight excluding hydrogens is 685 g/mol. The summed E-state index contributed by atoms with van der Waals surface area (Å²) < 4.78 is 2.27. The van der Waals surface area contributed by atoms with Crippen LogP contribution in [0.2, 0.25) is 0 Å². The summed E-state index contributed by atoms with van der Waals surface area (Å²) in [6.45, 7) is 0. The van der Waals surface area contributed by atoms with Crippen molar-refractivity contribution in [3.63, 3.8) is 0 Å². The van der Waals surface area contributed by atoms with E-state index in [4.69, 9.17) is 9.97 Å². The molecule has 0 unspecified atom stereocenters. The molecule has 0 bridgehead atoms. The van der Waals surface area contributed by atoms with Crippen molar-refractivity contribution in [2.45, 2.75) is 19.8 Å². The first-order valence-corrected chi connectivity index (χ1v) is 19.1. The van der Waals surface area contributed by atoms with Gasteiger partial charge in [0.2, 0.25) is 0 Å². The zero-order valence-electron chi connectivity index (χ0n) is 28.1. The van der Waals surface area contributed by atoms with E-state index in [0.717, 1.165) is 54.1 Å². The van der Waals surface area contributed by atoms with Gasteiger partial charge in [-0.25, -0.2) is 9.97 Å². The number of benzene rings is 8. The SMILES string of the molecule is N#Cc1ccc2c3cc(-c4c5ccccc5c(-c5ccc6c(c5)Sc5nc7ccccc7nc5S6)c5ccccc45)ccc3n(-c3ccccc3)c2c1. The summed E-state index contributed by atoms with van der Waals surface area (Å²) in [5.74, 6) is 0. The molecule has 1 aliphatic rings. The van der Waals surface area contributed by atoms with E-state index in [1.165, 1.54) is 48.0 Å². The van der Waals surface area contributed by atoms with E-state index >= 15 is 0 Å². The molecule has 11 rings (SSSR count). The van der Waals surface area contributed by atoms with E-state index in [9.17, 15) is 5.26 Å². The van der Waals surface area contributed by atoms with Crippen LogP contribution in [0.4, 0.5) is 0 Å². The molecule has 1 aliphatic heterocycles.